The van der Waals surface area contributed by atoms with Crippen LogP contribution in [0.3, 0.4) is 0 Å². The number of hydrogen-bond acceptors (Lipinski definition) is 6. The van der Waals surface area contributed by atoms with E-state index in [0.717, 1.165) is 27.4 Å². The van der Waals surface area contributed by atoms with Gasteiger partial charge in [0.2, 0.25) is 5.91 Å². The normalized spacial score (nSPS) is 15.8. The lowest BCUT2D eigenvalue weighted by molar-refractivity contribution is -0.116. The molecule has 0 bridgehead atoms. The van der Waals surface area contributed by atoms with E-state index in [1.807, 2.05) is 13.0 Å². The molecule has 0 saturated carbocycles. The number of amides is 1. The molecule has 0 aromatic heterocycles. The molecular weight excluding hydrogens is 474 g/mol. The van der Waals surface area contributed by atoms with E-state index in [1.54, 1.807) is 6.21 Å². The maximum absolute atomic E-state index is 11.1. The van der Waals surface area contributed by atoms with Gasteiger partial charge in [0.15, 0.2) is 16.7 Å². The highest BCUT2D eigenvalue weighted by Crippen LogP contribution is 2.42. The summed E-state index contributed by atoms with van der Waals surface area (Å²) in [6.07, 6.45) is 3.63. The summed E-state index contributed by atoms with van der Waals surface area (Å²) in [6, 6.07) is 1.85. The Balaban J connectivity index is 2.24. The number of benzene rings is 1. The molecule has 1 fully saturated rings. The van der Waals surface area contributed by atoms with Crippen molar-refractivity contribution in [1.29, 1.82) is 0 Å². The van der Waals surface area contributed by atoms with Crippen LogP contribution < -0.4 is 14.8 Å². The quantitative estimate of drug-likeness (QED) is 0.333. The molecule has 1 aromatic carbocycles. The molecule has 1 aromatic rings. The standard InChI is InChI=1S/C16H19Br2N3O3S/c1-3-5-6-24-15-11(23-4-2)7-10(13(17)14(15)18)8-19-21-16-20-12(22)9-25-16/h7-8H,3-6,9H2,1-2H3,(H,20,21,22). The van der Waals surface area contributed by atoms with Crippen LogP contribution in [0.4, 0.5) is 0 Å². The van der Waals surface area contributed by atoms with E-state index in [-0.39, 0.29) is 5.91 Å². The summed E-state index contributed by atoms with van der Waals surface area (Å²) >= 11 is 8.44. The number of amidine groups is 1. The Morgan fingerprint density at radius 3 is 2.76 bits per heavy atom. The van der Waals surface area contributed by atoms with Gasteiger partial charge in [-0.3, -0.25) is 4.79 Å². The Labute approximate surface area is 168 Å². The van der Waals surface area contributed by atoms with E-state index in [9.17, 15) is 4.79 Å². The van der Waals surface area contributed by atoms with Crippen LogP contribution in [0.15, 0.2) is 25.2 Å². The minimum absolute atomic E-state index is 0.0601. The maximum Gasteiger partial charge on any atom is 0.236 e. The lowest BCUT2D eigenvalue weighted by Gasteiger charge is -2.16. The molecule has 2 rings (SSSR count). The van der Waals surface area contributed by atoms with Gasteiger partial charge in [0.25, 0.3) is 0 Å². The minimum Gasteiger partial charge on any atom is -0.490 e. The van der Waals surface area contributed by atoms with Crippen molar-refractivity contribution < 1.29 is 14.3 Å². The van der Waals surface area contributed by atoms with Gasteiger partial charge in [-0.2, -0.15) is 5.10 Å². The second-order valence-corrected chi connectivity index (χ2v) is 7.59. The van der Waals surface area contributed by atoms with Crippen LogP contribution in [0.5, 0.6) is 11.5 Å². The van der Waals surface area contributed by atoms with Crippen molar-refractivity contribution in [3.05, 3.63) is 20.6 Å². The lowest BCUT2D eigenvalue weighted by atomic mass is 10.2. The smallest absolute Gasteiger partial charge is 0.236 e. The topological polar surface area (TPSA) is 72.3 Å². The first-order chi connectivity index (χ1) is 12.1. The number of carbonyl (C=O) groups excluding carboxylic acids is 1. The molecule has 6 nitrogen and oxygen atoms in total. The number of nitrogens with zero attached hydrogens (tertiary/aromatic N) is 2. The van der Waals surface area contributed by atoms with E-state index in [2.05, 4.69) is 54.3 Å². The molecule has 0 atom stereocenters. The van der Waals surface area contributed by atoms with E-state index in [1.165, 1.54) is 11.8 Å². The third-order valence-electron chi connectivity index (χ3n) is 3.13. The molecule has 1 aliphatic rings. The molecule has 1 amide bonds. The van der Waals surface area contributed by atoms with Crippen molar-refractivity contribution in [2.24, 2.45) is 10.2 Å². The van der Waals surface area contributed by atoms with Gasteiger partial charge < -0.3 is 14.8 Å². The van der Waals surface area contributed by atoms with E-state index < -0.39 is 0 Å². The molecule has 1 saturated heterocycles. The number of carbonyl (C=O) groups is 1. The van der Waals surface area contributed by atoms with Crippen LogP contribution in [0.25, 0.3) is 0 Å². The van der Waals surface area contributed by atoms with Gasteiger partial charge in [0.1, 0.15) is 0 Å². The first kappa shape index (κ1) is 20.3. The van der Waals surface area contributed by atoms with Gasteiger partial charge in [-0.05, 0) is 51.3 Å². The molecule has 25 heavy (non-hydrogen) atoms. The fourth-order valence-electron chi connectivity index (χ4n) is 1.94. The summed E-state index contributed by atoms with van der Waals surface area (Å²) in [5.41, 5.74) is 0.789. The first-order valence-corrected chi connectivity index (χ1v) is 10.4. The number of hydrogen-bond donors (Lipinski definition) is 1. The number of unbranched alkanes of at least 4 members (excludes halogenated alkanes) is 1. The summed E-state index contributed by atoms with van der Waals surface area (Å²) in [5, 5.41) is 11.2. The van der Waals surface area contributed by atoms with Crippen molar-refractivity contribution in [2.45, 2.75) is 26.7 Å². The van der Waals surface area contributed by atoms with Gasteiger partial charge in [0.05, 0.1) is 29.7 Å². The summed E-state index contributed by atoms with van der Waals surface area (Å²) in [5.74, 6) is 1.63. The van der Waals surface area contributed by atoms with Crippen LogP contribution in [0.2, 0.25) is 0 Å². The average molecular weight is 493 g/mol. The SMILES string of the molecule is CCCCOc1c(OCC)cc(C=NN=C2NC(=O)CS2)c(Br)c1Br. The zero-order valence-electron chi connectivity index (χ0n) is 14.0. The van der Waals surface area contributed by atoms with Crippen LogP contribution in [-0.2, 0) is 4.79 Å². The zero-order chi connectivity index (χ0) is 18.2. The Hall–Kier alpha value is -1.06. The van der Waals surface area contributed by atoms with Gasteiger partial charge in [0, 0.05) is 10.0 Å². The molecule has 136 valence electrons. The predicted molar refractivity (Wildman–Crippen MR) is 109 cm³/mol. The van der Waals surface area contributed by atoms with E-state index in [4.69, 9.17) is 9.47 Å². The molecular formula is C16H19Br2N3O3S. The molecule has 1 aliphatic heterocycles. The van der Waals surface area contributed by atoms with Crippen molar-refractivity contribution in [2.75, 3.05) is 19.0 Å². The maximum atomic E-state index is 11.1. The Kier molecular flexibility index (Phi) is 8.25. The Morgan fingerprint density at radius 2 is 2.12 bits per heavy atom. The highest BCUT2D eigenvalue weighted by atomic mass is 79.9. The number of nitrogens with one attached hydrogen (secondary N) is 1. The predicted octanol–water partition coefficient (Wildman–Crippen LogP) is 4.34. The van der Waals surface area contributed by atoms with Crippen LogP contribution >= 0.6 is 43.6 Å². The van der Waals surface area contributed by atoms with E-state index in [0.29, 0.717) is 35.6 Å². The molecule has 0 aliphatic carbocycles. The second kappa shape index (κ2) is 10.2. The lowest BCUT2D eigenvalue weighted by Crippen LogP contribution is -2.19. The van der Waals surface area contributed by atoms with Crippen molar-refractivity contribution >= 4 is 60.9 Å². The molecule has 0 radical (unpaired) electrons. The highest BCUT2D eigenvalue weighted by Gasteiger charge is 2.18. The minimum atomic E-state index is -0.0601. The fourth-order valence-corrected chi connectivity index (χ4v) is 3.50. The number of thioether (sulfide) groups is 1. The number of rotatable bonds is 8. The summed E-state index contributed by atoms with van der Waals surface area (Å²) in [4.78, 5) is 11.1. The monoisotopic (exact) mass is 491 g/mol. The Bertz CT molecular complexity index is 696. The van der Waals surface area contributed by atoms with Crippen molar-refractivity contribution in [3.8, 4) is 11.5 Å². The number of halogens is 2. The molecule has 1 N–H and O–H groups in total. The van der Waals surface area contributed by atoms with E-state index >= 15 is 0 Å². The Morgan fingerprint density at radius 1 is 1.32 bits per heavy atom. The first-order valence-electron chi connectivity index (χ1n) is 7.88. The third-order valence-corrected chi connectivity index (χ3v) is 6.14. The highest BCUT2D eigenvalue weighted by molar-refractivity contribution is 9.13. The second-order valence-electron chi connectivity index (χ2n) is 5.04. The summed E-state index contributed by atoms with van der Waals surface area (Å²) < 4.78 is 13.1. The summed E-state index contributed by atoms with van der Waals surface area (Å²) in [7, 11) is 0. The van der Waals surface area contributed by atoms with Gasteiger partial charge >= 0.3 is 0 Å². The van der Waals surface area contributed by atoms with Crippen molar-refractivity contribution in [1.82, 2.24) is 5.32 Å². The third kappa shape index (κ3) is 5.72. The molecule has 9 heteroatoms. The molecule has 1 heterocycles. The van der Waals surface area contributed by atoms with Crippen LogP contribution in [0, 0.1) is 0 Å². The van der Waals surface area contributed by atoms with Gasteiger partial charge in [-0.25, -0.2) is 0 Å². The summed E-state index contributed by atoms with van der Waals surface area (Å²) in [6.45, 7) is 5.19. The molecule has 0 unspecified atom stereocenters. The van der Waals surface area contributed by atoms with Crippen molar-refractivity contribution in [3.63, 3.8) is 0 Å². The van der Waals surface area contributed by atoms with Gasteiger partial charge in [-0.15, -0.1) is 5.10 Å². The number of ether oxygens (including phenoxy) is 2. The largest absolute Gasteiger partial charge is 0.490 e. The van der Waals surface area contributed by atoms with Crippen LogP contribution in [0.1, 0.15) is 32.3 Å². The average Bonchev–Trinajstić information content (AvgIpc) is 3.00. The van der Waals surface area contributed by atoms with Gasteiger partial charge in [-0.1, -0.05) is 25.1 Å². The molecule has 0 spiro atoms. The fraction of sp³-hybridized carbons (Fsp3) is 0.438. The zero-order valence-corrected chi connectivity index (χ0v) is 18.0. The van der Waals surface area contributed by atoms with Crippen LogP contribution in [-0.4, -0.2) is 36.3 Å².